The van der Waals surface area contributed by atoms with E-state index in [0.717, 1.165) is 32.4 Å². The van der Waals surface area contributed by atoms with Gasteiger partial charge in [0.1, 0.15) is 0 Å². The van der Waals surface area contributed by atoms with Crippen LogP contribution in [0.25, 0.3) is 0 Å². The Morgan fingerprint density at radius 3 is 2.75 bits per heavy atom. The average molecular weight is 236 g/mol. The molecule has 1 saturated heterocycles. The number of amides is 1. The second-order valence-corrected chi connectivity index (χ2v) is 5.38. The van der Waals surface area contributed by atoms with Crippen molar-refractivity contribution in [3.63, 3.8) is 0 Å². The minimum atomic E-state index is 0.0400. The van der Waals surface area contributed by atoms with E-state index in [1.54, 1.807) is 6.08 Å². The van der Waals surface area contributed by atoms with E-state index in [4.69, 9.17) is 7.85 Å². The summed E-state index contributed by atoms with van der Waals surface area (Å²) in [7, 11) is 8.35. The number of nitrogens with zero attached hydrogens (tertiary/aromatic N) is 2. The largest absolute Gasteiger partial charge is 0.334 e. The van der Waals surface area contributed by atoms with Crippen molar-refractivity contribution in [1.29, 1.82) is 0 Å². The lowest BCUT2D eigenvalue weighted by Gasteiger charge is -2.49. The quantitative estimate of drug-likeness (QED) is 0.527. The first-order valence-corrected chi connectivity index (χ1v) is 6.37. The summed E-state index contributed by atoms with van der Waals surface area (Å²) >= 11 is 0. The summed E-state index contributed by atoms with van der Waals surface area (Å²) in [6.45, 7) is 2.75. The fourth-order valence-corrected chi connectivity index (χ4v) is 2.96. The Kier molecular flexibility index (Phi) is 3.71. The molecular formula is C11H18BN2OP. The minimum absolute atomic E-state index is 0.0400. The van der Waals surface area contributed by atoms with E-state index in [1.807, 2.05) is 11.0 Å². The van der Waals surface area contributed by atoms with Gasteiger partial charge in [0, 0.05) is 25.2 Å². The van der Waals surface area contributed by atoms with Crippen LogP contribution >= 0.6 is 9.39 Å². The molecule has 0 saturated carbocycles. The number of hydrogen-bond donors (Lipinski definition) is 0. The van der Waals surface area contributed by atoms with Crippen molar-refractivity contribution < 1.29 is 4.79 Å². The van der Waals surface area contributed by atoms with Crippen molar-refractivity contribution in [3.8, 4) is 0 Å². The first-order valence-electron chi connectivity index (χ1n) is 5.86. The van der Waals surface area contributed by atoms with Gasteiger partial charge in [-0.05, 0) is 25.3 Å². The molecule has 1 unspecified atom stereocenters. The highest BCUT2D eigenvalue weighted by Crippen LogP contribution is 2.36. The van der Waals surface area contributed by atoms with Crippen LogP contribution in [0.1, 0.15) is 19.3 Å². The van der Waals surface area contributed by atoms with Crippen molar-refractivity contribution in [2.45, 2.75) is 31.1 Å². The van der Waals surface area contributed by atoms with Gasteiger partial charge in [0.05, 0.1) is 7.85 Å². The lowest BCUT2D eigenvalue weighted by molar-refractivity contribution is -0.134. The van der Waals surface area contributed by atoms with Crippen molar-refractivity contribution in [1.82, 2.24) is 9.57 Å². The first kappa shape index (κ1) is 12.1. The zero-order chi connectivity index (χ0) is 11.6. The predicted molar refractivity (Wildman–Crippen MR) is 69.3 cm³/mol. The second-order valence-electron chi connectivity index (χ2n) is 4.65. The zero-order valence-electron chi connectivity index (χ0n) is 9.56. The topological polar surface area (TPSA) is 23.6 Å². The van der Waals surface area contributed by atoms with Gasteiger partial charge in [0.25, 0.3) is 0 Å². The molecule has 3 nitrogen and oxygen atoms in total. The van der Waals surface area contributed by atoms with Crippen molar-refractivity contribution >= 4 is 23.1 Å². The van der Waals surface area contributed by atoms with Crippen molar-refractivity contribution in [2.24, 2.45) is 0 Å². The Morgan fingerprint density at radius 1 is 1.44 bits per heavy atom. The van der Waals surface area contributed by atoms with Gasteiger partial charge >= 0.3 is 0 Å². The third kappa shape index (κ3) is 2.19. The second kappa shape index (κ2) is 4.89. The van der Waals surface area contributed by atoms with Gasteiger partial charge in [-0.3, -0.25) is 9.46 Å². The highest BCUT2D eigenvalue weighted by atomic mass is 31.0. The molecule has 0 aromatic heterocycles. The highest BCUT2D eigenvalue weighted by molar-refractivity contribution is 7.13. The van der Waals surface area contributed by atoms with E-state index in [9.17, 15) is 4.79 Å². The number of piperidine rings is 1. The molecule has 1 fully saturated rings. The molecule has 86 valence electrons. The number of carbonyl (C=O) groups excluding carboxylic acids is 1. The molecule has 1 amide bonds. The standard InChI is InChI=1S/C11H18BN2OP/c12-6-9-14-10(15)2-1-3-11(14)4-7-13(16)8-5-11/h1-2H,3-9,16H2. The number of carbonyl (C=O) groups is 1. The fraction of sp³-hybridized carbons (Fsp3) is 0.727. The van der Waals surface area contributed by atoms with Gasteiger partial charge in [-0.15, -0.1) is 0 Å². The summed E-state index contributed by atoms with van der Waals surface area (Å²) in [5.41, 5.74) is 0.0400. The lowest BCUT2D eigenvalue weighted by Crippen LogP contribution is -2.57. The molecule has 2 rings (SSSR count). The normalized spacial score (nSPS) is 25.3. The molecule has 0 bridgehead atoms. The molecule has 1 atom stereocenters. The predicted octanol–water partition coefficient (Wildman–Crippen LogP) is 0.986. The molecule has 0 aliphatic carbocycles. The van der Waals surface area contributed by atoms with Gasteiger partial charge in [0.2, 0.25) is 5.91 Å². The molecule has 2 heterocycles. The van der Waals surface area contributed by atoms with Crippen LogP contribution in [0.15, 0.2) is 12.2 Å². The maximum Gasteiger partial charge on any atom is 0.246 e. The third-order valence-corrected chi connectivity index (χ3v) is 4.19. The molecule has 0 N–H and O–H groups in total. The summed E-state index contributed by atoms with van der Waals surface area (Å²) in [6, 6.07) is 0. The highest BCUT2D eigenvalue weighted by Gasteiger charge is 2.41. The SMILES string of the molecule is [B]CCN1C(=O)C=CCC12CCN(P)CC2. The number of hydrogen-bond acceptors (Lipinski definition) is 2. The monoisotopic (exact) mass is 236 g/mol. The maximum atomic E-state index is 11.9. The van der Waals surface area contributed by atoms with Crippen LogP contribution < -0.4 is 0 Å². The van der Waals surface area contributed by atoms with Crippen molar-refractivity contribution in [2.75, 3.05) is 19.6 Å². The molecule has 0 aromatic rings. The Labute approximate surface area is 101 Å². The molecule has 2 aliphatic heterocycles. The summed E-state index contributed by atoms with van der Waals surface area (Å²) in [5.74, 6) is 0.133. The Morgan fingerprint density at radius 2 is 2.12 bits per heavy atom. The van der Waals surface area contributed by atoms with Crippen LogP contribution in [-0.4, -0.2) is 48.5 Å². The molecule has 2 radical (unpaired) electrons. The average Bonchev–Trinajstić information content (AvgIpc) is 2.28. The van der Waals surface area contributed by atoms with Crippen LogP contribution in [0.2, 0.25) is 6.32 Å². The maximum absolute atomic E-state index is 11.9. The molecule has 0 aromatic carbocycles. The van der Waals surface area contributed by atoms with E-state index in [2.05, 4.69) is 14.1 Å². The molecule has 1 spiro atoms. The van der Waals surface area contributed by atoms with Crippen LogP contribution in [0, 0.1) is 0 Å². The zero-order valence-corrected chi connectivity index (χ0v) is 10.7. The van der Waals surface area contributed by atoms with Crippen LogP contribution in [-0.2, 0) is 4.79 Å². The molecule has 16 heavy (non-hydrogen) atoms. The Balaban J connectivity index is 2.16. The fourth-order valence-electron chi connectivity index (χ4n) is 2.70. The smallest absolute Gasteiger partial charge is 0.246 e. The van der Waals surface area contributed by atoms with Crippen LogP contribution in [0.4, 0.5) is 0 Å². The van der Waals surface area contributed by atoms with Crippen LogP contribution in [0.3, 0.4) is 0 Å². The Hall–Kier alpha value is -0.335. The van der Waals surface area contributed by atoms with Gasteiger partial charge in [-0.25, -0.2) is 0 Å². The third-order valence-electron chi connectivity index (χ3n) is 3.68. The van der Waals surface area contributed by atoms with Gasteiger partial charge < -0.3 is 4.90 Å². The van der Waals surface area contributed by atoms with Gasteiger partial charge in [-0.1, -0.05) is 21.8 Å². The van der Waals surface area contributed by atoms with E-state index in [0.29, 0.717) is 12.9 Å². The first-order chi connectivity index (χ1) is 7.68. The van der Waals surface area contributed by atoms with E-state index >= 15 is 0 Å². The van der Waals surface area contributed by atoms with E-state index in [1.165, 1.54) is 0 Å². The Bertz CT molecular complexity index is 300. The molecule has 2 aliphatic rings. The van der Waals surface area contributed by atoms with E-state index < -0.39 is 0 Å². The lowest BCUT2D eigenvalue weighted by atomic mass is 9.80. The summed E-state index contributed by atoms with van der Waals surface area (Å²) in [6.07, 6.45) is 7.34. The van der Waals surface area contributed by atoms with Crippen LogP contribution in [0.5, 0.6) is 0 Å². The number of rotatable bonds is 2. The van der Waals surface area contributed by atoms with Crippen molar-refractivity contribution in [3.05, 3.63) is 12.2 Å². The van der Waals surface area contributed by atoms with Gasteiger partial charge in [0.15, 0.2) is 0 Å². The van der Waals surface area contributed by atoms with E-state index in [-0.39, 0.29) is 11.4 Å². The summed E-state index contributed by atoms with van der Waals surface area (Å²) < 4.78 is 2.24. The summed E-state index contributed by atoms with van der Waals surface area (Å²) in [5, 5.41) is 0. The van der Waals surface area contributed by atoms with Gasteiger partial charge in [-0.2, -0.15) is 0 Å². The summed E-state index contributed by atoms with van der Waals surface area (Å²) in [4.78, 5) is 13.9. The minimum Gasteiger partial charge on any atom is -0.334 e. The molecule has 5 heteroatoms. The molecular weight excluding hydrogens is 218 g/mol.